The molecule has 28 heavy (non-hydrogen) atoms. The summed E-state index contributed by atoms with van der Waals surface area (Å²) < 4.78 is 11.1. The smallest absolute Gasteiger partial charge is 0.296 e. The van der Waals surface area contributed by atoms with Crippen LogP contribution in [0, 0.1) is 10.1 Å². The highest BCUT2D eigenvalue weighted by molar-refractivity contribution is 5.95. The van der Waals surface area contributed by atoms with Crippen LogP contribution in [0.25, 0.3) is 0 Å². The van der Waals surface area contributed by atoms with Crippen molar-refractivity contribution < 1.29 is 19.2 Å². The molecule has 0 atom stereocenters. The van der Waals surface area contributed by atoms with Crippen molar-refractivity contribution in [1.29, 1.82) is 0 Å². The van der Waals surface area contributed by atoms with Gasteiger partial charge in [-0.15, -0.1) is 0 Å². The normalized spacial score (nSPS) is 14.9. The average Bonchev–Trinajstić information content (AvgIpc) is 2.69. The van der Waals surface area contributed by atoms with Gasteiger partial charge in [0.1, 0.15) is 5.75 Å². The average molecular weight is 392 g/mol. The number of primary amides is 1. The third kappa shape index (κ3) is 6.50. The molecule has 1 fully saturated rings. The zero-order valence-electron chi connectivity index (χ0n) is 16.2. The van der Waals surface area contributed by atoms with E-state index in [2.05, 4.69) is 10.2 Å². The number of nitrogens with zero attached hydrogens (tertiary/aromatic N) is 2. The van der Waals surface area contributed by atoms with Gasteiger partial charge in [0.15, 0.2) is 5.69 Å². The Morgan fingerprint density at radius 1 is 1.39 bits per heavy atom. The van der Waals surface area contributed by atoms with Crippen molar-refractivity contribution in [3.63, 3.8) is 0 Å². The van der Waals surface area contributed by atoms with Gasteiger partial charge in [-0.05, 0) is 18.9 Å². The Balaban J connectivity index is 2.11. The molecule has 9 heteroatoms. The maximum Gasteiger partial charge on any atom is 0.296 e. The number of ether oxygens (including phenoxy) is 2. The molecular formula is C19H28N4O5. The highest BCUT2D eigenvalue weighted by atomic mass is 16.6. The summed E-state index contributed by atoms with van der Waals surface area (Å²) in [6.45, 7) is 6.87. The molecule has 1 aliphatic rings. The molecule has 1 heterocycles. The van der Waals surface area contributed by atoms with Crippen molar-refractivity contribution >= 4 is 17.3 Å². The molecule has 0 aromatic heterocycles. The monoisotopic (exact) mass is 392 g/mol. The molecule has 1 aromatic rings. The zero-order chi connectivity index (χ0) is 20.4. The maximum atomic E-state index is 11.6. The minimum Gasteiger partial charge on any atom is -0.491 e. The number of nitrogens with two attached hydrogens (primary N) is 1. The minimum atomic E-state index is -0.737. The molecule has 0 aliphatic carbocycles. The molecule has 1 aliphatic heterocycles. The van der Waals surface area contributed by atoms with E-state index in [9.17, 15) is 14.9 Å². The fourth-order valence-corrected chi connectivity index (χ4v) is 2.88. The van der Waals surface area contributed by atoms with Gasteiger partial charge in [-0.1, -0.05) is 19.1 Å². The van der Waals surface area contributed by atoms with Gasteiger partial charge in [0, 0.05) is 37.8 Å². The van der Waals surface area contributed by atoms with E-state index in [-0.39, 0.29) is 22.7 Å². The second kappa shape index (κ2) is 11.3. The van der Waals surface area contributed by atoms with Gasteiger partial charge < -0.3 is 20.5 Å². The molecule has 1 amide bonds. The number of nitrogens with one attached hydrogen (secondary N) is 1. The lowest BCUT2D eigenvalue weighted by Crippen LogP contribution is -2.37. The van der Waals surface area contributed by atoms with E-state index in [0.717, 1.165) is 45.7 Å². The highest BCUT2D eigenvalue weighted by Gasteiger charge is 2.22. The molecule has 0 saturated carbocycles. The summed E-state index contributed by atoms with van der Waals surface area (Å²) in [5.74, 6) is -0.478. The van der Waals surface area contributed by atoms with Gasteiger partial charge in [0.05, 0.1) is 24.7 Å². The lowest BCUT2D eigenvalue weighted by molar-refractivity contribution is -0.384. The summed E-state index contributed by atoms with van der Waals surface area (Å²) in [7, 11) is 0. The van der Waals surface area contributed by atoms with Crippen LogP contribution in [0.5, 0.6) is 5.75 Å². The van der Waals surface area contributed by atoms with Crippen LogP contribution in [0.1, 0.15) is 30.1 Å². The van der Waals surface area contributed by atoms with Crippen LogP contribution in [-0.4, -0.2) is 61.7 Å². The maximum absolute atomic E-state index is 11.6. The third-order valence-electron chi connectivity index (χ3n) is 4.34. The largest absolute Gasteiger partial charge is 0.491 e. The Kier molecular flexibility index (Phi) is 8.70. The van der Waals surface area contributed by atoms with Gasteiger partial charge in [-0.25, -0.2) is 0 Å². The summed E-state index contributed by atoms with van der Waals surface area (Å²) in [6.07, 6.45) is 5.46. The third-order valence-corrected chi connectivity index (χ3v) is 4.34. The predicted octanol–water partition coefficient (Wildman–Crippen LogP) is 2.17. The standard InChI is InChI=1S/C19H28N4O5/c1-2-3-4-6-21-18-16(23(25)26)13-15(19(20)24)14-17(18)28-10-5-7-22-8-11-27-12-9-22/h3-4,13-14,21H,2,5-12H2,1H3,(H2,20,24)/b4-3+. The molecular weight excluding hydrogens is 364 g/mol. The van der Waals surface area contributed by atoms with Crippen LogP contribution in [0.3, 0.4) is 0 Å². The number of benzene rings is 1. The molecule has 154 valence electrons. The molecule has 9 nitrogen and oxygen atoms in total. The van der Waals surface area contributed by atoms with Gasteiger partial charge in [-0.2, -0.15) is 0 Å². The first-order valence-electron chi connectivity index (χ1n) is 9.47. The number of hydrogen-bond acceptors (Lipinski definition) is 7. The van der Waals surface area contributed by atoms with E-state index >= 15 is 0 Å². The van der Waals surface area contributed by atoms with Crippen molar-refractivity contribution in [2.75, 3.05) is 51.3 Å². The summed E-state index contributed by atoms with van der Waals surface area (Å²) in [6, 6.07) is 2.63. The first-order chi connectivity index (χ1) is 13.5. The number of nitro groups is 1. The first-order valence-corrected chi connectivity index (χ1v) is 9.47. The lowest BCUT2D eigenvalue weighted by Gasteiger charge is -2.26. The number of anilines is 1. The first kappa shape index (κ1) is 21.6. The number of morpholine rings is 1. The lowest BCUT2D eigenvalue weighted by atomic mass is 10.1. The molecule has 1 saturated heterocycles. The molecule has 0 unspecified atom stereocenters. The Morgan fingerprint density at radius 3 is 2.79 bits per heavy atom. The van der Waals surface area contributed by atoms with Crippen LogP contribution in [0.2, 0.25) is 0 Å². The van der Waals surface area contributed by atoms with Gasteiger partial charge in [0.2, 0.25) is 5.91 Å². The fourth-order valence-electron chi connectivity index (χ4n) is 2.88. The minimum absolute atomic E-state index is 0.0459. The quantitative estimate of drug-likeness (QED) is 0.256. The van der Waals surface area contributed by atoms with E-state index in [1.165, 1.54) is 12.1 Å². The van der Waals surface area contributed by atoms with Crippen molar-refractivity contribution in [2.45, 2.75) is 19.8 Å². The number of allylic oxidation sites excluding steroid dienone is 1. The second-order valence-electron chi connectivity index (χ2n) is 6.41. The summed E-state index contributed by atoms with van der Waals surface area (Å²) in [5, 5.41) is 14.5. The molecule has 0 bridgehead atoms. The number of nitro benzene ring substituents is 1. The summed E-state index contributed by atoms with van der Waals surface area (Å²) in [5.41, 5.74) is 5.39. The van der Waals surface area contributed by atoms with Crippen molar-refractivity contribution in [1.82, 2.24) is 4.90 Å². The molecule has 0 spiro atoms. The number of carbonyl (C=O) groups excluding carboxylic acids is 1. The van der Waals surface area contributed by atoms with Gasteiger partial charge >= 0.3 is 0 Å². The predicted molar refractivity (Wildman–Crippen MR) is 107 cm³/mol. The van der Waals surface area contributed by atoms with Crippen molar-refractivity contribution in [3.8, 4) is 5.75 Å². The molecule has 0 radical (unpaired) electrons. The Labute approximate surface area is 164 Å². The van der Waals surface area contributed by atoms with Crippen LogP contribution in [-0.2, 0) is 4.74 Å². The van der Waals surface area contributed by atoms with Gasteiger partial charge in [0.25, 0.3) is 5.69 Å². The molecule has 2 rings (SSSR count). The van der Waals surface area contributed by atoms with Crippen LogP contribution in [0.15, 0.2) is 24.3 Å². The topological polar surface area (TPSA) is 120 Å². The second-order valence-corrected chi connectivity index (χ2v) is 6.41. The van der Waals surface area contributed by atoms with Crippen molar-refractivity contribution in [3.05, 3.63) is 40.0 Å². The van der Waals surface area contributed by atoms with Gasteiger partial charge in [-0.3, -0.25) is 19.8 Å². The Hall–Kier alpha value is -2.65. The number of hydrogen-bond donors (Lipinski definition) is 2. The van der Waals surface area contributed by atoms with E-state index in [0.29, 0.717) is 13.2 Å². The van der Waals surface area contributed by atoms with E-state index in [1.54, 1.807) is 0 Å². The number of amides is 1. The summed E-state index contributed by atoms with van der Waals surface area (Å²) in [4.78, 5) is 24.8. The SMILES string of the molecule is CC/C=C/CNc1c(OCCCN2CCOCC2)cc(C(N)=O)cc1[N+](=O)[O-]. The molecule has 1 aromatic carbocycles. The molecule has 3 N–H and O–H groups in total. The number of carbonyl (C=O) groups is 1. The van der Waals surface area contributed by atoms with E-state index in [4.69, 9.17) is 15.2 Å². The summed E-state index contributed by atoms with van der Waals surface area (Å²) >= 11 is 0. The fraction of sp³-hybridized carbons (Fsp3) is 0.526. The Morgan fingerprint density at radius 2 is 2.14 bits per heavy atom. The Bertz CT molecular complexity index is 702. The highest BCUT2D eigenvalue weighted by Crippen LogP contribution is 2.36. The zero-order valence-corrected chi connectivity index (χ0v) is 16.2. The van der Waals surface area contributed by atoms with E-state index in [1.807, 2.05) is 19.1 Å². The van der Waals surface area contributed by atoms with Crippen molar-refractivity contribution in [2.24, 2.45) is 5.73 Å². The number of rotatable bonds is 11. The van der Waals surface area contributed by atoms with Crippen LogP contribution in [0.4, 0.5) is 11.4 Å². The van der Waals surface area contributed by atoms with Crippen LogP contribution >= 0.6 is 0 Å². The van der Waals surface area contributed by atoms with Crippen LogP contribution < -0.4 is 15.8 Å². The van der Waals surface area contributed by atoms with E-state index < -0.39 is 10.8 Å².